The topological polar surface area (TPSA) is 26.6 Å². The van der Waals surface area contributed by atoms with Gasteiger partial charge in [-0.3, -0.25) is 0 Å². The summed E-state index contributed by atoms with van der Waals surface area (Å²) in [6, 6.07) is 19.0. The molecule has 0 aliphatic carbocycles. The molecule has 0 saturated carbocycles. The predicted molar refractivity (Wildman–Crippen MR) is 104 cm³/mol. The maximum atomic E-state index is 6.04. The van der Waals surface area contributed by atoms with Gasteiger partial charge >= 0.3 is 0 Å². The summed E-state index contributed by atoms with van der Waals surface area (Å²) in [5.74, 6) is 0.863. The van der Waals surface area contributed by atoms with Gasteiger partial charge < -0.3 is 18.9 Å². The Kier molecular flexibility index (Phi) is 4.67. The van der Waals surface area contributed by atoms with Crippen molar-refractivity contribution in [2.75, 3.05) is 25.2 Å². The fourth-order valence-electron chi connectivity index (χ4n) is 3.41. The Hall–Kier alpha value is -2.72. The minimum absolute atomic E-state index is 0.0398. The molecule has 2 heterocycles. The molecule has 134 valence electrons. The van der Waals surface area contributed by atoms with E-state index >= 15 is 0 Å². The summed E-state index contributed by atoms with van der Waals surface area (Å²) < 4.78 is 13.4. The van der Waals surface area contributed by atoms with Crippen molar-refractivity contribution in [2.24, 2.45) is 0 Å². The lowest BCUT2D eigenvalue weighted by Crippen LogP contribution is -2.22. The minimum Gasteiger partial charge on any atom is -0.497 e. The third-order valence-corrected chi connectivity index (χ3v) is 4.94. The lowest BCUT2D eigenvalue weighted by atomic mass is 10.1. The zero-order valence-electron chi connectivity index (χ0n) is 15.3. The first-order chi connectivity index (χ1) is 12.8. The Bertz CT molecular complexity index is 853. The first kappa shape index (κ1) is 16.7. The second-order valence-electron chi connectivity index (χ2n) is 6.49. The van der Waals surface area contributed by atoms with E-state index in [1.165, 1.54) is 11.3 Å². The smallest absolute Gasteiger partial charge is 0.158 e. The van der Waals surface area contributed by atoms with Crippen molar-refractivity contribution in [3.63, 3.8) is 0 Å². The molecule has 26 heavy (non-hydrogen) atoms. The van der Waals surface area contributed by atoms with Crippen molar-refractivity contribution in [1.29, 1.82) is 0 Å². The van der Waals surface area contributed by atoms with Crippen LogP contribution in [0.4, 0.5) is 5.69 Å². The van der Waals surface area contributed by atoms with Crippen molar-refractivity contribution >= 4 is 5.69 Å². The van der Waals surface area contributed by atoms with Gasteiger partial charge in [0.25, 0.3) is 0 Å². The molecule has 4 nitrogen and oxygen atoms in total. The number of rotatable bonds is 5. The molecular formula is C22H24N2O2. The zero-order valence-corrected chi connectivity index (χ0v) is 15.3. The minimum atomic E-state index is -0.0398. The van der Waals surface area contributed by atoms with Gasteiger partial charge in [0.15, 0.2) is 6.23 Å². The number of anilines is 1. The number of ether oxygens (including phenoxy) is 2. The number of aryl methyl sites for hydroxylation is 1. The van der Waals surface area contributed by atoms with E-state index in [2.05, 4.69) is 71.2 Å². The standard InChI is InChI=1S/C22H24N2O2/c1-3-17-4-6-20(7-5-17)24-14-15-26-22(24)18-12-13-23(16-18)19-8-10-21(25-2)11-9-19/h4-13,16,22H,3,14-15H2,1-2H3. The number of benzene rings is 2. The molecule has 0 spiro atoms. The Morgan fingerprint density at radius 2 is 1.73 bits per heavy atom. The molecular weight excluding hydrogens is 324 g/mol. The van der Waals surface area contributed by atoms with Crippen LogP contribution in [0.1, 0.15) is 24.3 Å². The molecule has 0 bridgehead atoms. The molecule has 4 heteroatoms. The molecule has 1 aromatic heterocycles. The number of hydrogen-bond acceptors (Lipinski definition) is 3. The molecule has 3 aromatic rings. The van der Waals surface area contributed by atoms with E-state index < -0.39 is 0 Å². The fourth-order valence-corrected chi connectivity index (χ4v) is 3.41. The van der Waals surface area contributed by atoms with Gasteiger partial charge in [-0.25, -0.2) is 0 Å². The van der Waals surface area contributed by atoms with Crippen molar-refractivity contribution in [1.82, 2.24) is 4.57 Å². The average Bonchev–Trinajstić information content (AvgIpc) is 3.37. The van der Waals surface area contributed by atoms with Gasteiger partial charge in [-0.2, -0.15) is 0 Å². The van der Waals surface area contributed by atoms with E-state index in [-0.39, 0.29) is 6.23 Å². The average molecular weight is 348 g/mol. The largest absolute Gasteiger partial charge is 0.497 e. The summed E-state index contributed by atoms with van der Waals surface area (Å²) in [4.78, 5) is 2.33. The summed E-state index contributed by atoms with van der Waals surface area (Å²) in [5, 5.41) is 0. The highest BCUT2D eigenvalue weighted by Crippen LogP contribution is 2.33. The van der Waals surface area contributed by atoms with E-state index in [9.17, 15) is 0 Å². The van der Waals surface area contributed by atoms with Crippen LogP contribution in [0.25, 0.3) is 5.69 Å². The van der Waals surface area contributed by atoms with Crippen LogP contribution < -0.4 is 9.64 Å². The highest BCUT2D eigenvalue weighted by Gasteiger charge is 2.27. The highest BCUT2D eigenvalue weighted by molar-refractivity contribution is 5.50. The quantitative estimate of drug-likeness (QED) is 0.675. The SMILES string of the molecule is CCc1ccc(N2CCOC2c2ccn(-c3ccc(OC)cc3)c2)cc1. The van der Waals surface area contributed by atoms with Crippen molar-refractivity contribution in [3.8, 4) is 11.4 Å². The molecule has 1 saturated heterocycles. The summed E-state index contributed by atoms with van der Waals surface area (Å²) in [5.41, 5.74) is 4.84. The van der Waals surface area contributed by atoms with Crippen LogP contribution in [-0.4, -0.2) is 24.8 Å². The van der Waals surface area contributed by atoms with Crippen LogP contribution in [0.5, 0.6) is 5.75 Å². The Morgan fingerprint density at radius 1 is 1.00 bits per heavy atom. The highest BCUT2D eigenvalue weighted by atomic mass is 16.5. The number of methoxy groups -OCH3 is 1. The molecule has 1 atom stereocenters. The third kappa shape index (κ3) is 3.20. The van der Waals surface area contributed by atoms with Crippen LogP contribution in [0, 0.1) is 0 Å². The van der Waals surface area contributed by atoms with Gasteiger partial charge in [-0.15, -0.1) is 0 Å². The van der Waals surface area contributed by atoms with Crippen LogP contribution in [0.3, 0.4) is 0 Å². The molecule has 1 aliphatic rings. The molecule has 0 amide bonds. The molecule has 0 radical (unpaired) electrons. The van der Waals surface area contributed by atoms with Gasteiger partial charge in [0, 0.05) is 35.9 Å². The van der Waals surface area contributed by atoms with Crippen molar-refractivity contribution < 1.29 is 9.47 Å². The van der Waals surface area contributed by atoms with Crippen molar-refractivity contribution in [2.45, 2.75) is 19.6 Å². The summed E-state index contributed by atoms with van der Waals surface area (Å²) in [6.07, 6.45) is 5.25. The number of nitrogens with zero attached hydrogens (tertiary/aromatic N) is 2. The van der Waals surface area contributed by atoms with Gasteiger partial charge in [0.05, 0.1) is 13.7 Å². The van der Waals surface area contributed by atoms with E-state index in [4.69, 9.17) is 9.47 Å². The Labute approximate surface area is 154 Å². The van der Waals surface area contributed by atoms with Crippen LogP contribution >= 0.6 is 0 Å². The summed E-state index contributed by atoms with van der Waals surface area (Å²) in [6.45, 7) is 3.83. The molecule has 1 unspecified atom stereocenters. The van der Waals surface area contributed by atoms with E-state index in [0.717, 1.165) is 36.6 Å². The molecule has 1 aliphatic heterocycles. The Morgan fingerprint density at radius 3 is 2.42 bits per heavy atom. The monoisotopic (exact) mass is 348 g/mol. The lowest BCUT2D eigenvalue weighted by Gasteiger charge is -2.24. The number of aromatic nitrogens is 1. The normalized spacial score (nSPS) is 16.8. The first-order valence-corrected chi connectivity index (χ1v) is 9.08. The summed E-state index contributed by atoms with van der Waals surface area (Å²) >= 11 is 0. The van der Waals surface area contributed by atoms with Crippen LogP contribution in [0.2, 0.25) is 0 Å². The van der Waals surface area contributed by atoms with Gasteiger partial charge in [0.2, 0.25) is 0 Å². The lowest BCUT2D eigenvalue weighted by molar-refractivity contribution is 0.114. The fraction of sp³-hybridized carbons (Fsp3) is 0.273. The first-order valence-electron chi connectivity index (χ1n) is 9.08. The molecule has 2 aromatic carbocycles. The molecule has 0 N–H and O–H groups in total. The Balaban J connectivity index is 1.57. The third-order valence-electron chi connectivity index (χ3n) is 4.94. The van der Waals surface area contributed by atoms with Crippen molar-refractivity contribution in [3.05, 3.63) is 78.1 Å². The molecule has 4 rings (SSSR count). The van der Waals surface area contributed by atoms with Crippen LogP contribution in [-0.2, 0) is 11.2 Å². The van der Waals surface area contributed by atoms with E-state index in [0.29, 0.717) is 0 Å². The van der Waals surface area contributed by atoms with E-state index in [1.807, 2.05) is 12.1 Å². The number of hydrogen-bond donors (Lipinski definition) is 0. The second-order valence-corrected chi connectivity index (χ2v) is 6.49. The van der Waals surface area contributed by atoms with Crippen LogP contribution in [0.15, 0.2) is 67.0 Å². The second kappa shape index (κ2) is 7.26. The maximum absolute atomic E-state index is 6.04. The van der Waals surface area contributed by atoms with Gasteiger partial charge in [-0.1, -0.05) is 19.1 Å². The summed E-state index contributed by atoms with van der Waals surface area (Å²) in [7, 11) is 1.68. The molecule has 1 fully saturated rings. The van der Waals surface area contributed by atoms with Gasteiger partial charge in [-0.05, 0) is 54.4 Å². The van der Waals surface area contributed by atoms with E-state index in [1.54, 1.807) is 7.11 Å². The maximum Gasteiger partial charge on any atom is 0.158 e. The zero-order chi connectivity index (χ0) is 17.9. The van der Waals surface area contributed by atoms with Gasteiger partial charge in [0.1, 0.15) is 5.75 Å². The predicted octanol–water partition coefficient (Wildman–Crippen LogP) is 4.58.